The number of carboxylic acid groups (broad SMARTS) is 2. The fraction of sp³-hybridized carbons (Fsp3) is 0.375. The summed E-state index contributed by atoms with van der Waals surface area (Å²) in [5.41, 5.74) is 4.27. The second-order valence-electron chi connectivity index (χ2n) is 3.16. The largest absolute Gasteiger partial charge is 0.480 e. The van der Waals surface area contributed by atoms with Crippen LogP contribution in [-0.4, -0.2) is 32.9 Å². The highest BCUT2D eigenvalue weighted by atomic mass is 16.5. The van der Waals surface area contributed by atoms with Crippen LogP contribution in [0.4, 0.5) is 0 Å². The van der Waals surface area contributed by atoms with E-state index in [0.717, 1.165) is 0 Å². The molecule has 1 heterocycles. The molecule has 8 nitrogen and oxygen atoms in total. The second kappa shape index (κ2) is 4.19. The van der Waals surface area contributed by atoms with Crippen LogP contribution in [0.2, 0.25) is 0 Å². The number of hydrogen-bond donors (Lipinski definition) is 3. The molecule has 0 aliphatic heterocycles. The third-order valence-electron chi connectivity index (χ3n) is 1.98. The summed E-state index contributed by atoms with van der Waals surface area (Å²) >= 11 is 0. The van der Waals surface area contributed by atoms with E-state index in [4.69, 9.17) is 15.9 Å². The van der Waals surface area contributed by atoms with Gasteiger partial charge in [-0.15, -0.1) is 0 Å². The van der Waals surface area contributed by atoms with Crippen LogP contribution in [0.3, 0.4) is 0 Å². The molecule has 0 aliphatic rings. The molecule has 0 saturated carbocycles. The van der Waals surface area contributed by atoms with Gasteiger partial charge in [0.05, 0.1) is 5.56 Å². The summed E-state index contributed by atoms with van der Waals surface area (Å²) in [7, 11) is 1.23. The van der Waals surface area contributed by atoms with Crippen molar-refractivity contribution in [3.8, 4) is 0 Å². The summed E-state index contributed by atoms with van der Waals surface area (Å²) in [5.74, 6) is -3.34. The Morgan fingerprint density at radius 1 is 1.50 bits per heavy atom. The molecule has 1 rings (SSSR count). The number of aliphatic carboxylic acids is 1. The number of nitrogens with two attached hydrogens (primary N) is 1. The van der Waals surface area contributed by atoms with E-state index >= 15 is 0 Å². The molecule has 0 aromatic carbocycles. The second-order valence-corrected chi connectivity index (χ2v) is 3.16. The van der Waals surface area contributed by atoms with E-state index in [0.29, 0.717) is 4.74 Å². The lowest BCUT2D eigenvalue weighted by Crippen LogP contribution is -2.34. The van der Waals surface area contributed by atoms with Crippen molar-refractivity contribution in [1.29, 1.82) is 0 Å². The van der Waals surface area contributed by atoms with Crippen molar-refractivity contribution < 1.29 is 24.3 Å². The number of aromatic carboxylic acids is 1. The Kier molecular flexibility index (Phi) is 3.14. The molecule has 0 aliphatic carbocycles. The minimum atomic E-state index is -1.44. The van der Waals surface area contributed by atoms with Gasteiger partial charge < -0.3 is 20.5 Å². The average molecular weight is 230 g/mol. The van der Waals surface area contributed by atoms with Crippen molar-refractivity contribution in [2.75, 3.05) is 0 Å². The maximum Gasteiger partial charge on any atom is 0.375 e. The number of nitrogens with zero attached hydrogens (tertiary/aromatic N) is 1. The van der Waals surface area contributed by atoms with Crippen molar-refractivity contribution in [2.24, 2.45) is 12.8 Å². The van der Waals surface area contributed by atoms with Gasteiger partial charge in [0.15, 0.2) is 0 Å². The highest BCUT2D eigenvalue weighted by molar-refractivity contribution is 5.86. The number of aromatic nitrogens is 1. The van der Waals surface area contributed by atoms with Crippen LogP contribution in [0.5, 0.6) is 0 Å². The summed E-state index contributed by atoms with van der Waals surface area (Å²) in [5, 5.41) is 17.3. The van der Waals surface area contributed by atoms with Gasteiger partial charge in [-0.05, 0) is 0 Å². The van der Waals surface area contributed by atoms with Gasteiger partial charge in [-0.1, -0.05) is 0 Å². The fourth-order valence-electron chi connectivity index (χ4n) is 1.18. The molecule has 0 spiro atoms. The number of rotatable bonds is 4. The predicted molar refractivity (Wildman–Crippen MR) is 50.2 cm³/mol. The number of aryl methyl sites for hydroxylation is 1. The molecule has 0 bridgehead atoms. The van der Waals surface area contributed by atoms with Crippen molar-refractivity contribution in [3.63, 3.8) is 0 Å². The van der Waals surface area contributed by atoms with Gasteiger partial charge in [0.25, 0.3) is 5.56 Å². The summed E-state index contributed by atoms with van der Waals surface area (Å²) in [6.07, 6.45) is -0.389. The van der Waals surface area contributed by atoms with Gasteiger partial charge in [0.1, 0.15) is 6.04 Å². The molecule has 0 radical (unpaired) electrons. The normalized spacial score (nSPS) is 12.4. The first-order valence-corrected chi connectivity index (χ1v) is 4.25. The number of hydrogen-bond acceptors (Lipinski definition) is 5. The van der Waals surface area contributed by atoms with Crippen molar-refractivity contribution in [1.82, 2.24) is 4.74 Å². The van der Waals surface area contributed by atoms with Gasteiger partial charge in [0.2, 0.25) is 5.76 Å². The Morgan fingerprint density at radius 3 is 2.50 bits per heavy atom. The number of carbonyl (C=O) groups is 2. The smallest absolute Gasteiger partial charge is 0.375 e. The minimum absolute atomic E-state index is 0.245. The van der Waals surface area contributed by atoms with E-state index in [-0.39, 0.29) is 12.0 Å². The van der Waals surface area contributed by atoms with E-state index in [1.807, 2.05) is 0 Å². The van der Waals surface area contributed by atoms with Crippen LogP contribution < -0.4 is 11.3 Å². The third-order valence-corrected chi connectivity index (χ3v) is 1.98. The molecular formula is C8H10N2O6. The molecule has 8 heteroatoms. The zero-order valence-corrected chi connectivity index (χ0v) is 8.34. The first-order valence-electron chi connectivity index (χ1n) is 4.25. The summed E-state index contributed by atoms with van der Waals surface area (Å²) in [4.78, 5) is 32.6. The van der Waals surface area contributed by atoms with Gasteiger partial charge >= 0.3 is 11.9 Å². The van der Waals surface area contributed by atoms with Crippen LogP contribution in [0.15, 0.2) is 9.32 Å². The van der Waals surface area contributed by atoms with E-state index in [1.165, 1.54) is 7.05 Å². The van der Waals surface area contributed by atoms with Crippen LogP contribution in [0.1, 0.15) is 16.1 Å². The first-order chi connectivity index (χ1) is 7.34. The fourth-order valence-corrected chi connectivity index (χ4v) is 1.18. The van der Waals surface area contributed by atoms with Crippen molar-refractivity contribution in [2.45, 2.75) is 12.5 Å². The molecule has 0 amide bonds. The highest BCUT2D eigenvalue weighted by Gasteiger charge is 2.25. The lowest BCUT2D eigenvalue weighted by Gasteiger charge is -2.02. The monoisotopic (exact) mass is 230 g/mol. The Bertz CT molecular complexity index is 485. The van der Waals surface area contributed by atoms with E-state index in [2.05, 4.69) is 4.52 Å². The Hall–Kier alpha value is -2.09. The Labute approximate surface area is 88.8 Å². The van der Waals surface area contributed by atoms with E-state index in [1.54, 1.807) is 0 Å². The zero-order valence-electron chi connectivity index (χ0n) is 8.34. The quantitative estimate of drug-likeness (QED) is 0.580. The lowest BCUT2D eigenvalue weighted by atomic mass is 10.1. The van der Waals surface area contributed by atoms with Crippen LogP contribution in [0.25, 0.3) is 0 Å². The van der Waals surface area contributed by atoms with Crippen molar-refractivity contribution in [3.05, 3.63) is 21.7 Å². The molecule has 0 fully saturated rings. The lowest BCUT2D eigenvalue weighted by molar-refractivity contribution is -0.138. The maximum absolute atomic E-state index is 11.4. The maximum atomic E-state index is 11.4. The molecule has 1 unspecified atom stereocenters. The highest BCUT2D eigenvalue weighted by Crippen LogP contribution is 2.07. The minimum Gasteiger partial charge on any atom is -0.480 e. The van der Waals surface area contributed by atoms with E-state index < -0.39 is 29.3 Å². The Balaban J connectivity index is 3.17. The van der Waals surface area contributed by atoms with Crippen LogP contribution >= 0.6 is 0 Å². The van der Waals surface area contributed by atoms with Gasteiger partial charge in [0, 0.05) is 13.5 Å². The molecule has 0 saturated heterocycles. The molecule has 4 N–H and O–H groups in total. The summed E-state index contributed by atoms with van der Waals surface area (Å²) in [6, 6.07) is -1.34. The molecule has 88 valence electrons. The van der Waals surface area contributed by atoms with Crippen LogP contribution in [0, 0.1) is 0 Å². The number of carboxylic acids is 2. The SMILES string of the molecule is Cn1oc(C(=O)O)c(CC(N)C(=O)O)c1=O. The average Bonchev–Trinajstić information content (AvgIpc) is 2.45. The zero-order chi connectivity index (χ0) is 12.5. The van der Waals surface area contributed by atoms with Crippen LogP contribution in [-0.2, 0) is 18.3 Å². The molecule has 1 atom stereocenters. The molecule has 1 aromatic rings. The first kappa shape index (κ1) is 12.0. The molecular weight excluding hydrogens is 220 g/mol. The summed E-state index contributed by atoms with van der Waals surface area (Å²) < 4.78 is 5.36. The van der Waals surface area contributed by atoms with Gasteiger partial charge in [-0.3, -0.25) is 9.59 Å². The standard InChI is InChI=1S/C8H10N2O6/c1-10-6(11)3(2-4(9)7(12)13)5(16-10)8(14)15/h4H,2,9H2,1H3,(H,12,13)(H,14,15). The third kappa shape index (κ3) is 2.11. The van der Waals surface area contributed by atoms with Crippen molar-refractivity contribution >= 4 is 11.9 Å². The molecule has 1 aromatic heterocycles. The Morgan fingerprint density at radius 2 is 2.06 bits per heavy atom. The van der Waals surface area contributed by atoms with Gasteiger partial charge in [-0.2, -0.15) is 4.74 Å². The summed E-state index contributed by atoms with van der Waals surface area (Å²) in [6.45, 7) is 0. The topological polar surface area (TPSA) is 136 Å². The van der Waals surface area contributed by atoms with Gasteiger partial charge in [-0.25, -0.2) is 4.79 Å². The van der Waals surface area contributed by atoms with E-state index in [9.17, 15) is 14.4 Å². The molecule has 16 heavy (non-hydrogen) atoms. The predicted octanol–water partition coefficient (Wildman–Crippen LogP) is -1.37.